The van der Waals surface area contributed by atoms with Gasteiger partial charge in [-0.05, 0) is 30.3 Å². The second-order valence-corrected chi connectivity index (χ2v) is 8.22. The second-order valence-electron chi connectivity index (χ2n) is 6.53. The smallest absolute Gasteiger partial charge is 0.146 e. The van der Waals surface area contributed by atoms with Crippen LogP contribution in [0.25, 0.3) is 16.9 Å². The molecule has 0 radical (unpaired) electrons. The Morgan fingerprint density at radius 2 is 1.86 bits per heavy atom. The van der Waals surface area contributed by atoms with Crippen LogP contribution in [0.1, 0.15) is 5.56 Å². The van der Waals surface area contributed by atoms with E-state index in [1.54, 1.807) is 16.8 Å². The predicted octanol–water partition coefficient (Wildman–Crippen LogP) is 2.70. The molecule has 2 heterocycles. The van der Waals surface area contributed by atoms with Gasteiger partial charge in [-0.3, -0.25) is 4.21 Å². The fourth-order valence-corrected chi connectivity index (χ4v) is 4.34. The Balaban J connectivity index is 1.73. The Morgan fingerprint density at radius 3 is 2.57 bits per heavy atom. The monoisotopic (exact) mass is 395 g/mol. The zero-order chi connectivity index (χ0) is 19.7. The van der Waals surface area contributed by atoms with Crippen LogP contribution in [0.4, 0.5) is 15.9 Å². The van der Waals surface area contributed by atoms with E-state index in [0.717, 1.165) is 24.5 Å². The van der Waals surface area contributed by atoms with E-state index in [-0.39, 0.29) is 5.56 Å². The summed E-state index contributed by atoms with van der Waals surface area (Å²) >= 11 is 0. The molecule has 1 aliphatic heterocycles. The van der Waals surface area contributed by atoms with Crippen molar-refractivity contribution in [2.45, 2.75) is 0 Å². The van der Waals surface area contributed by atoms with Crippen LogP contribution >= 0.6 is 0 Å². The summed E-state index contributed by atoms with van der Waals surface area (Å²) in [6, 6.07) is 15.8. The molecule has 0 amide bonds. The second kappa shape index (κ2) is 7.44. The van der Waals surface area contributed by atoms with Gasteiger partial charge in [-0.1, -0.05) is 12.1 Å². The number of aromatic nitrogens is 2. The van der Waals surface area contributed by atoms with Crippen molar-refractivity contribution in [2.24, 2.45) is 0 Å². The minimum absolute atomic E-state index is 0.00716. The zero-order valence-corrected chi connectivity index (χ0v) is 15.8. The third kappa shape index (κ3) is 3.49. The standard InChI is InChI=1S/C20H18FN5OS/c21-18-10-14(4-5-15(18)13-22)19-12-20(23)24-26(19)17-3-1-2-16(11-17)25-6-8-28(27)9-7-25/h1-5,10-12H,6-9H2,(H2,23,24). The molecular weight excluding hydrogens is 377 g/mol. The van der Waals surface area contributed by atoms with Crippen molar-refractivity contribution < 1.29 is 8.60 Å². The molecule has 0 atom stereocenters. The van der Waals surface area contributed by atoms with E-state index >= 15 is 0 Å². The fourth-order valence-electron chi connectivity index (χ4n) is 3.28. The van der Waals surface area contributed by atoms with Gasteiger partial charge in [0.2, 0.25) is 0 Å². The summed E-state index contributed by atoms with van der Waals surface area (Å²) in [4.78, 5) is 2.19. The maximum Gasteiger partial charge on any atom is 0.146 e. The molecule has 6 nitrogen and oxygen atoms in total. The summed E-state index contributed by atoms with van der Waals surface area (Å²) in [5.74, 6) is 1.06. The number of rotatable bonds is 3. The molecule has 0 aliphatic carbocycles. The number of anilines is 2. The first kappa shape index (κ1) is 18.2. The first-order chi connectivity index (χ1) is 13.5. The number of halogens is 1. The van der Waals surface area contributed by atoms with E-state index in [2.05, 4.69) is 10.00 Å². The molecule has 2 aromatic carbocycles. The van der Waals surface area contributed by atoms with Crippen molar-refractivity contribution in [3.05, 3.63) is 59.9 Å². The first-order valence-corrected chi connectivity index (χ1v) is 10.3. The number of hydrogen-bond donors (Lipinski definition) is 1. The van der Waals surface area contributed by atoms with E-state index in [1.165, 1.54) is 12.1 Å². The predicted molar refractivity (Wildman–Crippen MR) is 108 cm³/mol. The summed E-state index contributed by atoms with van der Waals surface area (Å²) < 4.78 is 27.4. The molecule has 4 rings (SSSR count). The number of benzene rings is 2. The summed E-state index contributed by atoms with van der Waals surface area (Å²) in [6.07, 6.45) is 0. The molecule has 0 spiro atoms. The van der Waals surface area contributed by atoms with E-state index in [1.807, 2.05) is 30.3 Å². The van der Waals surface area contributed by atoms with Gasteiger partial charge in [-0.15, -0.1) is 0 Å². The third-order valence-corrected chi connectivity index (χ3v) is 6.01. The van der Waals surface area contributed by atoms with Crippen LogP contribution in [-0.4, -0.2) is 38.6 Å². The van der Waals surface area contributed by atoms with Gasteiger partial charge in [0, 0.05) is 52.7 Å². The highest BCUT2D eigenvalue weighted by Gasteiger charge is 2.17. The van der Waals surface area contributed by atoms with Crippen LogP contribution in [0.15, 0.2) is 48.5 Å². The fraction of sp³-hybridized carbons (Fsp3) is 0.200. The van der Waals surface area contributed by atoms with E-state index in [4.69, 9.17) is 11.0 Å². The van der Waals surface area contributed by atoms with E-state index < -0.39 is 16.6 Å². The number of nitriles is 1. The van der Waals surface area contributed by atoms with E-state index in [0.29, 0.717) is 28.6 Å². The minimum atomic E-state index is -0.741. The Morgan fingerprint density at radius 1 is 1.11 bits per heavy atom. The van der Waals surface area contributed by atoms with Crippen LogP contribution < -0.4 is 10.6 Å². The average Bonchev–Trinajstić information content (AvgIpc) is 3.10. The van der Waals surface area contributed by atoms with Crippen molar-refractivity contribution in [2.75, 3.05) is 35.2 Å². The van der Waals surface area contributed by atoms with Gasteiger partial charge in [-0.25, -0.2) is 9.07 Å². The largest absolute Gasteiger partial charge is 0.382 e. The maximum absolute atomic E-state index is 14.1. The van der Waals surface area contributed by atoms with Crippen molar-refractivity contribution in [3.63, 3.8) is 0 Å². The van der Waals surface area contributed by atoms with Crippen LogP contribution in [0.3, 0.4) is 0 Å². The number of nitrogens with two attached hydrogens (primary N) is 1. The quantitative estimate of drug-likeness (QED) is 0.737. The molecular formula is C20H18FN5OS. The third-order valence-electron chi connectivity index (χ3n) is 4.73. The Labute approximate surface area is 164 Å². The Kier molecular flexibility index (Phi) is 4.84. The van der Waals surface area contributed by atoms with Crippen LogP contribution in [0, 0.1) is 17.1 Å². The molecule has 0 unspecified atom stereocenters. The summed E-state index contributed by atoms with van der Waals surface area (Å²) in [5.41, 5.74) is 8.94. The molecule has 0 bridgehead atoms. The molecule has 8 heteroatoms. The lowest BCUT2D eigenvalue weighted by Gasteiger charge is -2.28. The molecule has 1 saturated heterocycles. The highest BCUT2D eigenvalue weighted by molar-refractivity contribution is 7.85. The van der Waals surface area contributed by atoms with Gasteiger partial charge in [-0.2, -0.15) is 10.4 Å². The van der Waals surface area contributed by atoms with Gasteiger partial charge in [0.15, 0.2) is 0 Å². The lowest BCUT2D eigenvalue weighted by Crippen LogP contribution is -2.37. The van der Waals surface area contributed by atoms with Crippen molar-refractivity contribution in [1.82, 2.24) is 9.78 Å². The van der Waals surface area contributed by atoms with Crippen molar-refractivity contribution >= 4 is 22.3 Å². The first-order valence-electron chi connectivity index (χ1n) is 8.81. The van der Waals surface area contributed by atoms with E-state index in [9.17, 15) is 8.60 Å². The molecule has 1 aliphatic rings. The maximum atomic E-state index is 14.1. The van der Waals surface area contributed by atoms with Crippen LogP contribution in [-0.2, 0) is 10.8 Å². The van der Waals surface area contributed by atoms with Gasteiger partial charge in [0.05, 0.1) is 16.9 Å². The molecule has 28 heavy (non-hydrogen) atoms. The molecule has 1 aromatic heterocycles. The normalized spacial score (nSPS) is 14.8. The minimum Gasteiger partial charge on any atom is -0.382 e. The Hall–Kier alpha value is -3.18. The highest BCUT2D eigenvalue weighted by atomic mass is 32.2. The zero-order valence-electron chi connectivity index (χ0n) is 15.0. The van der Waals surface area contributed by atoms with Crippen LogP contribution in [0.5, 0.6) is 0 Å². The SMILES string of the molecule is N#Cc1ccc(-c2cc(N)nn2-c2cccc(N3CCS(=O)CC3)c2)cc1F. The van der Waals surface area contributed by atoms with Crippen LogP contribution in [0.2, 0.25) is 0 Å². The molecule has 142 valence electrons. The lowest BCUT2D eigenvalue weighted by atomic mass is 10.1. The number of hydrogen-bond acceptors (Lipinski definition) is 5. The average molecular weight is 395 g/mol. The molecule has 2 N–H and O–H groups in total. The molecule has 3 aromatic rings. The highest BCUT2D eigenvalue weighted by Crippen LogP contribution is 2.28. The summed E-state index contributed by atoms with van der Waals surface area (Å²) in [6.45, 7) is 1.48. The van der Waals surface area contributed by atoms with Gasteiger partial charge >= 0.3 is 0 Å². The Bertz CT molecular complexity index is 1090. The summed E-state index contributed by atoms with van der Waals surface area (Å²) in [5, 5.41) is 13.3. The molecule has 0 saturated carbocycles. The van der Waals surface area contributed by atoms with Gasteiger partial charge < -0.3 is 10.6 Å². The van der Waals surface area contributed by atoms with Crippen molar-refractivity contribution in [1.29, 1.82) is 5.26 Å². The lowest BCUT2D eigenvalue weighted by molar-refractivity contribution is 0.624. The number of nitrogen functional groups attached to an aromatic ring is 1. The van der Waals surface area contributed by atoms with Gasteiger partial charge in [0.25, 0.3) is 0 Å². The topological polar surface area (TPSA) is 87.9 Å². The number of nitrogens with zero attached hydrogens (tertiary/aromatic N) is 4. The van der Waals surface area contributed by atoms with Gasteiger partial charge in [0.1, 0.15) is 17.7 Å². The van der Waals surface area contributed by atoms with Crippen molar-refractivity contribution in [3.8, 4) is 23.0 Å². The molecule has 1 fully saturated rings. The summed E-state index contributed by atoms with van der Waals surface area (Å²) in [7, 11) is -0.741.